The summed E-state index contributed by atoms with van der Waals surface area (Å²) in [4.78, 5) is 24.8. The summed E-state index contributed by atoms with van der Waals surface area (Å²) < 4.78 is 0. The van der Waals surface area contributed by atoms with Crippen LogP contribution in [0, 0.1) is 5.92 Å². The average Bonchev–Trinajstić information content (AvgIpc) is 3.15. The average molecular weight is 392 g/mol. The molecular formula is C19H26ClN5O2. The molecule has 0 radical (unpaired) electrons. The number of carbonyl (C=O) groups is 2. The van der Waals surface area contributed by atoms with Crippen LogP contribution in [0.25, 0.3) is 10.9 Å². The van der Waals surface area contributed by atoms with E-state index in [-0.39, 0.29) is 5.91 Å². The lowest BCUT2D eigenvalue weighted by Crippen LogP contribution is -2.42. The number of nitrogens with zero attached hydrogens (tertiary/aromatic N) is 2. The smallest absolute Gasteiger partial charge is 0.242 e. The van der Waals surface area contributed by atoms with Gasteiger partial charge >= 0.3 is 0 Å². The SMILES string of the molecule is CNC(=O)C(CCCC1CCN(c2cc(Cl)cc3[nH]ncc23)CC1)NC=O. The molecule has 146 valence electrons. The fourth-order valence-corrected chi connectivity index (χ4v) is 4.09. The van der Waals surface area contributed by atoms with Crippen LogP contribution in [0.3, 0.4) is 0 Å². The summed E-state index contributed by atoms with van der Waals surface area (Å²) in [7, 11) is 1.59. The molecule has 1 aliphatic heterocycles. The second kappa shape index (κ2) is 9.08. The zero-order chi connectivity index (χ0) is 19.2. The van der Waals surface area contributed by atoms with Crippen molar-refractivity contribution in [1.82, 2.24) is 20.8 Å². The molecular weight excluding hydrogens is 366 g/mol. The minimum atomic E-state index is -0.437. The number of hydrogen-bond donors (Lipinski definition) is 3. The maximum Gasteiger partial charge on any atom is 0.242 e. The van der Waals surface area contributed by atoms with Crippen LogP contribution >= 0.6 is 11.6 Å². The minimum Gasteiger partial charge on any atom is -0.371 e. The molecule has 1 aromatic carbocycles. The summed E-state index contributed by atoms with van der Waals surface area (Å²) in [6.45, 7) is 1.97. The highest BCUT2D eigenvalue weighted by atomic mass is 35.5. The minimum absolute atomic E-state index is 0.137. The number of fused-ring (bicyclic) bond motifs is 1. The third-order valence-electron chi connectivity index (χ3n) is 5.39. The lowest BCUT2D eigenvalue weighted by molar-refractivity contribution is -0.125. The number of benzene rings is 1. The predicted octanol–water partition coefficient (Wildman–Crippen LogP) is 2.46. The van der Waals surface area contributed by atoms with E-state index >= 15 is 0 Å². The number of H-pyrrole nitrogens is 1. The topological polar surface area (TPSA) is 90.1 Å². The number of halogens is 1. The fourth-order valence-electron chi connectivity index (χ4n) is 3.88. The molecule has 1 saturated heterocycles. The fraction of sp³-hybridized carbons (Fsp3) is 0.526. The summed E-state index contributed by atoms with van der Waals surface area (Å²) in [5, 5.41) is 14.1. The van der Waals surface area contributed by atoms with Gasteiger partial charge in [0.25, 0.3) is 0 Å². The second-order valence-electron chi connectivity index (χ2n) is 7.07. The van der Waals surface area contributed by atoms with Crippen LogP contribution in [0.5, 0.6) is 0 Å². The molecule has 3 rings (SSSR count). The van der Waals surface area contributed by atoms with Gasteiger partial charge < -0.3 is 15.5 Å². The third kappa shape index (κ3) is 4.71. The van der Waals surface area contributed by atoms with Crippen molar-refractivity contribution in [3.63, 3.8) is 0 Å². The second-order valence-corrected chi connectivity index (χ2v) is 7.51. The monoisotopic (exact) mass is 391 g/mol. The lowest BCUT2D eigenvalue weighted by Gasteiger charge is -2.34. The quantitative estimate of drug-likeness (QED) is 0.603. The molecule has 8 heteroatoms. The van der Waals surface area contributed by atoms with Crippen molar-refractivity contribution in [2.24, 2.45) is 5.92 Å². The van der Waals surface area contributed by atoms with Gasteiger partial charge in [-0.05, 0) is 37.3 Å². The van der Waals surface area contributed by atoms with Gasteiger partial charge in [-0.2, -0.15) is 5.10 Å². The molecule has 1 aromatic heterocycles. The van der Waals surface area contributed by atoms with E-state index in [0.29, 0.717) is 23.8 Å². The van der Waals surface area contributed by atoms with Crippen LogP contribution in [0.4, 0.5) is 5.69 Å². The van der Waals surface area contributed by atoms with Gasteiger partial charge in [-0.3, -0.25) is 14.7 Å². The first-order valence-electron chi connectivity index (χ1n) is 9.41. The van der Waals surface area contributed by atoms with Crippen LogP contribution in [0.1, 0.15) is 32.1 Å². The van der Waals surface area contributed by atoms with Crippen LogP contribution < -0.4 is 15.5 Å². The first-order valence-corrected chi connectivity index (χ1v) is 9.79. The summed E-state index contributed by atoms with van der Waals surface area (Å²) in [5.41, 5.74) is 2.10. The molecule has 3 N–H and O–H groups in total. The highest BCUT2D eigenvalue weighted by Gasteiger charge is 2.22. The number of amides is 2. The molecule has 2 aromatic rings. The van der Waals surface area contributed by atoms with Crippen molar-refractivity contribution in [3.05, 3.63) is 23.4 Å². The maximum absolute atomic E-state index is 11.7. The van der Waals surface area contributed by atoms with Gasteiger partial charge in [-0.15, -0.1) is 0 Å². The zero-order valence-corrected chi connectivity index (χ0v) is 16.3. The van der Waals surface area contributed by atoms with E-state index in [1.807, 2.05) is 18.3 Å². The molecule has 0 saturated carbocycles. The van der Waals surface area contributed by atoms with E-state index in [9.17, 15) is 9.59 Å². The first kappa shape index (κ1) is 19.5. The predicted molar refractivity (Wildman–Crippen MR) is 107 cm³/mol. The Hall–Kier alpha value is -2.28. The number of piperidine rings is 1. The van der Waals surface area contributed by atoms with Crippen molar-refractivity contribution < 1.29 is 9.59 Å². The standard InChI is InChI=1S/C19H26ClN5O2/c1-21-19(27)16(22-12-26)4-2-3-13-5-7-25(8-6-13)18-10-14(20)9-17-15(18)11-23-24-17/h9-13,16H,2-8H2,1H3,(H,21,27)(H,22,26)(H,23,24). The highest BCUT2D eigenvalue weighted by molar-refractivity contribution is 6.31. The summed E-state index contributed by atoms with van der Waals surface area (Å²) >= 11 is 6.25. The third-order valence-corrected chi connectivity index (χ3v) is 5.61. The van der Waals surface area contributed by atoms with E-state index < -0.39 is 6.04 Å². The molecule has 0 aliphatic carbocycles. The van der Waals surface area contributed by atoms with Crippen molar-refractivity contribution in [2.45, 2.75) is 38.1 Å². The van der Waals surface area contributed by atoms with Crippen molar-refractivity contribution in [1.29, 1.82) is 0 Å². The normalized spacial score (nSPS) is 16.3. The van der Waals surface area contributed by atoms with E-state index in [2.05, 4.69) is 25.7 Å². The number of aromatic nitrogens is 2. The Morgan fingerprint density at radius 3 is 2.93 bits per heavy atom. The summed E-state index contributed by atoms with van der Waals surface area (Å²) in [5.74, 6) is 0.504. The van der Waals surface area contributed by atoms with E-state index in [0.717, 1.165) is 55.4 Å². The van der Waals surface area contributed by atoms with Crippen LogP contribution in [-0.2, 0) is 9.59 Å². The Labute approximate surface area is 163 Å². The molecule has 27 heavy (non-hydrogen) atoms. The number of anilines is 1. The van der Waals surface area contributed by atoms with Gasteiger partial charge in [0.2, 0.25) is 12.3 Å². The number of rotatable bonds is 8. The van der Waals surface area contributed by atoms with Gasteiger partial charge in [0, 0.05) is 36.2 Å². The Morgan fingerprint density at radius 2 is 2.22 bits per heavy atom. The molecule has 0 spiro atoms. The van der Waals surface area contributed by atoms with Gasteiger partial charge in [0.05, 0.1) is 11.7 Å². The van der Waals surface area contributed by atoms with E-state index in [1.165, 1.54) is 0 Å². The van der Waals surface area contributed by atoms with Crippen LogP contribution in [-0.4, -0.2) is 48.7 Å². The van der Waals surface area contributed by atoms with Gasteiger partial charge in [-0.25, -0.2) is 0 Å². The van der Waals surface area contributed by atoms with Gasteiger partial charge in [0.1, 0.15) is 6.04 Å². The highest BCUT2D eigenvalue weighted by Crippen LogP contribution is 2.33. The van der Waals surface area contributed by atoms with Crippen molar-refractivity contribution in [2.75, 3.05) is 25.0 Å². The van der Waals surface area contributed by atoms with Crippen LogP contribution in [0.15, 0.2) is 18.3 Å². The Bertz CT molecular complexity index is 785. The zero-order valence-electron chi connectivity index (χ0n) is 15.5. The van der Waals surface area contributed by atoms with Crippen LogP contribution in [0.2, 0.25) is 5.02 Å². The molecule has 0 bridgehead atoms. The molecule has 2 heterocycles. The number of likely N-dealkylation sites (N-methyl/N-ethyl adjacent to an activating group) is 1. The van der Waals surface area contributed by atoms with Gasteiger partial charge in [0.15, 0.2) is 0 Å². The molecule has 1 atom stereocenters. The maximum atomic E-state index is 11.7. The number of aromatic amines is 1. The Balaban J connectivity index is 1.51. The van der Waals surface area contributed by atoms with Crippen molar-refractivity contribution in [3.8, 4) is 0 Å². The molecule has 1 fully saturated rings. The molecule has 7 nitrogen and oxygen atoms in total. The van der Waals surface area contributed by atoms with E-state index in [1.54, 1.807) is 7.05 Å². The Kier molecular flexibility index (Phi) is 6.55. The largest absolute Gasteiger partial charge is 0.371 e. The first-order chi connectivity index (χ1) is 13.1. The molecule has 1 aliphatic rings. The molecule has 2 amide bonds. The van der Waals surface area contributed by atoms with E-state index in [4.69, 9.17) is 11.6 Å². The number of hydrogen-bond acceptors (Lipinski definition) is 4. The molecule has 1 unspecified atom stereocenters. The van der Waals surface area contributed by atoms with Crippen molar-refractivity contribution >= 4 is 40.5 Å². The Morgan fingerprint density at radius 1 is 1.44 bits per heavy atom. The summed E-state index contributed by atoms with van der Waals surface area (Å²) in [6.07, 6.45) is 7.33. The van der Waals surface area contributed by atoms with Gasteiger partial charge in [-0.1, -0.05) is 24.4 Å². The lowest BCUT2D eigenvalue weighted by atomic mass is 9.90. The number of nitrogens with one attached hydrogen (secondary N) is 3. The number of carbonyl (C=O) groups excluding carboxylic acids is 2. The summed E-state index contributed by atoms with van der Waals surface area (Å²) in [6, 6.07) is 3.48.